The van der Waals surface area contributed by atoms with Gasteiger partial charge in [0.1, 0.15) is 0 Å². The van der Waals surface area contributed by atoms with E-state index in [2.05, 4.69) is 0 Å². The zero-order valence-electron chi connectivity index (χ0n) is 13.3. The maximum atomic E-state index is 12.4. The number of carbonyl (C=O) groups excluding carboxylic acids is 1. The van der Waals surface area contributed by atoms with E-state index in [1.165, 1.54) is 0 Å². The van der Waals surface area contributed by atoms with Gasteiger partial charge in [0, 0.05) is 6.42 Å². The molecule has 0 spiro atoms. The Morgan fingerprint density at radius 3 is 2.05 bits per heavy atom. The summed E-state index contributed by atoms with van der Waals surface area (Å²) in [5, 5.41) is 0. The Kier molecular flexibility index (Phi) is 9.10. The Bertz CT molecular complexity index is 327. The van der Waals surface area contributed by atoms with Crippen molar-refractivity contribution in [1.82, 2.24) is 0 Å². The molecule has 7 heteroatoms. The molecule has 0 bridgehead atoms. The summed E-state index contributed by atoms with van der Waals surface area (Å²) in [5.74, 6) is 0. The third-order valence-corrected chi connectivity index (χ3v) is 4.62. The summed E-state index contributed by atoms with van der Waals surface area (Å²) in [6, 6.07) is 0. The number of ether oxygens (including phenoxy) is 2. The first-order valence-electron chi connectivity index (χ1n) is 6.93. The number of hydrogen-bond acceptors (Lipinski definition) is 6. The molecule has 0 heterocycles. The highest BCUT2D eigenvalue weighted by molar-refractivity contribution is 7.54. The molecule has 0 aromatic rings. The molecule has 0 aliphatic carbocycles. The lowest BCUT2D eigenvalue weighted by molar-refractivity contribution is 0.0316. The first-order valence-corrected chi connectivity index (χ1v) is 8.54. The predicted octanol–water partition coefficient (Wildman–Crippen LogP) is 3.98. The maximum Gasteiger partial charge on any atom is 0.508 e. The fourth-order valence-corrected chi connectivity index (χ4v) is 2.80. The standard InChI is InChI=1S/C13H27O6P/c1-10(2)18-13(14)16-8-7-9-17-20(15,12(5)6)19-11(3)4/h10-12H,7-9H2,1-6H3. The van der Waals surface area contributed by atoms with Gasteiger partial charge < -0.3 is 18.5 Å². The van der Waals surface area contributed by atoms with Gasteiger partial charge in [-0.15, -0.1) is 0 Å². The molecule has 120 valence electrons. The van der Waals surface area contributed by atoms with Crippen LogP contribution in [0.25, 0.3) is 0 Å². The molecular weight excluding hydrogens is 283 g/mol. The summed E-state index contributed by atoms with van der Waals surface area (Å²) in [7, 11) is -3.11. The minimum absolute atomic E-state index is 0.158. The number of rotatable bonds is 9. The molecule has 20 heavy (non-hydrogen) atoms. The highest BCUT2D eigenvalue weighted by Crippen LogP contribution is 2.53. The van der Waals surface area contributed by atoms with E-state index >= 15 is 0 Å². The SMILES string of the molecule is CC(C)OC(=O)OCCCOP(=O)(OC(C)C)C(C)C. The van der Waals surface area contributed by atoms with E-state index in [0.29, 0.717) is 6.42 Å². The molecular formula is C13H27O6P. The quantitative estimate of drug-likeness (QED) is 0.364. The topological polar surface area (TPSA) is 71.1 Å². The van der Waals surface area contributed by atoms with Crippen LogP contribution in [0.5, 0.6) is 0 Å². The second-order valence-corrected chi connectivity index (χ2v) is 7.82. The van der Waals surface area contributed by atoms with Gasteiger partial charge in [-0.05, 0) is 27.7 Å². The van der Waals surface area contributed by atoms with E-state index < -0.39 is 13.8 Å². The van der Waals surface area contributed by atoms with Crippen LogP contribution >= 0.6 is 7.60 Å². The molecule has 0 amide bonds. The molecule has 0 saturated carbocycles. The van der Waals surface area contributed by atoms with Gasteiger partial charge in [-0.3, -0.25) is 4.57 Å². The van der Waals surface area contributed by atoms with E-state index in [1.54, 1.807) is 27.7 Å². The lowest BCUT2D eigenvalue weighted by Crippen LogP contribution is -2.15. The van der Waals surface area contributed by atoms with Crippen LogP contribution in [0.15, 0.2) is 0 Å². The van der Waals surface area contributed by atoms with Gasteiger partial charge in [0.25, 0.3) is 0 Å². The summed E-state index contributed by atoms with van der Waals surface area (Å²) in [5.41, 5.74) is -0.211. The molecule has 0 aliphatic heterocycles. The van der Waals surface area contributed by atoms with E-state index in [9.17, 15) is 9.36 Å². The molecule has 0 fully saturated rings. The Balaban J connectivity index is 3.97. The van der Waals surface area contributed by atoms with E-state index in [0.717, 1.165) is 0 Å². The molecule has 0 radical (unpaired) electrons. The Hall–Kier alpha value is -0.580. The molecule has 0 rings (SSSR count). The van der Waals surface area contributed by atoms with Crippen LogP contribution in [-0.2, 0) is 23.1 Å². The third-order valence-electron chi connectivity index (χ3n) is 2.10. The van der Waals surface area contributed by atoms with Gasteiger partial charge in [-0.1, -0.05) is 13.8 Å². The van der Waals surface area contributed by atoms with Gasteiger partial charge in [0.15, 0.2) is 0 Å². The third kappa shape index (κ3) is 8.56. The number of carbonyl (C=O) groups is 1. The van der Waals surface area contributed by atoms with Gasteiger partial charge in [0.2, 0.25) is 0 Å². The summed E-state index contributed by atoms with van der Waals surface area (Å²) in [6.07, 6.45) is -0.643. The van der Waals surface area contributed by atoms with Crippen molar-refractivity contribution < 1.29 is 27.9 Å². The molecule has 1 atom stereocenters. The lowest BCUT2D eigenvalue weighted by atomic mass is 10.5. The zero-order chi connectivity index (χ0) is 15.8. The van der Waals surface area contributed by atoms with Crippen LogP contribution in [-0.4, -0.2) is 37.2 Å². The average Bonchev–Trinajstić information content (AvgIpc) is 2.26. The maximum absolute atomic E-state index is 12.4. The largest absolute Gasteiger partial charge is 0.508 e. The molecule has 0 N–H and O–H groups in total. The second-order valence-electron chi connectivity index (χ2n) is 5.24. The monoisotopic (exact) mass is 310 g/mol. The van der Waals surface area contributed by atoms with Crippen molar-refractivity contribution in [2.45, 2.75) is 65.8 Å². The molecule has 0 aromatic carbocycles. The zero-order valence-corrected chi connectivity index (χ0v) is 14.1. The van der Waals surface area contributed by atoms with Crippen LogP contribution < -0.4 is 0 Å². The first-order chi connectivity index (χ1) is 9.17. The van der Waals surface area contributed by atoms with Crippen molar-refractivity contribution in [3.8, 4) is 0 Å². The average molecular weight is 310 g/mol. The van der Waals surface area contributed by atoms with E-state index in [-0.39, 0.29) is 31.1 Å². The van der Waals surface area contributed by atoms with Gasteiger partial charge >= 0.3 is 13.8 Å². The van der Waals surface area contributed by atoms with E-state index in [4.69, 9.17) is 18.5 Å². The van der Waals surface area contributed by atoms with Crippen LogP contribution in [0.2, 0.25) is 0 Å². The van der Waals surface area contributed by atoms with Crippen molar-refractivity contribution in [2.24, 2.45) is 0 Å². The summed E-state index contributed by atoms with van der Waals surface area (Å²) in [6.45, 7) is 11.0. The van der Waals surface area contributed by atoms with Gasteiger partial charge in [-0.25, -0.2) is 4.79 Å². The van der Waals surface area contributed by atoms with E-state index in [1.807, 2.05) is 13.8 Å². The fraction of sp³-hybridized carbons (Fsp3) is 0.923. The van der Waals surface area contributed by atoms with Crippen molar-refractivity contribution in [3.05, 3.63) is 0 Å². The molecule has 0 aromatic heterocycles. The van der Waals surface area contributed by atoms with Crippen LogP contribution in [0.1, 0.15) is 48.0 Å². The molecule has 0 saturated heterocycles. The number of hydrogen-bond donors (Lipinski definition) is 0. The van der Waals surface area contributed by atoms with Gasteiger partial charge in [0.05, 0.1) is 31.1 Å². The fourth-order valence-electron chi connectivity index (χ4n) is 1.23. The lowest BCUT2D eigenvalue weighted by Gasteiger charge is -2.23. The van der Waals surface area contributed by atoms with Gasteiger partial charge in [-0.2, -0.15) is 0 Å². The summed E-state index contributed by atoms with van der Waals surface area (Å²) < 4.78 is 32.8. The van der Waals surface area contributed by atoms with Crippen molar-refractivity contribution in [2.75, 3.05) is 13.2 Å². The van der Waals surface area contributed by atoms with Crippen molar-refractivity contribution in [3.63, 3.8) is 0 Å². The van der Waals surface area contributed by atoms with Crippen LogP contribution in [0, 0.1) is 0 Å². The predicted molar refractivity (Wildman–Crippen MR) is 77.1 cm³/mol. The molecule has 6 nitrogen and oxygen atoms in total. The Morgan fingerprint density at radius 1 is 1.00 bits per heavy atom. The van der Waals surface area contributed by atoms with Crippen molar-refractivity contribution in [1.29, 1.82) is 0 Å². The van der Waals surface area contributed by atoms with Crippen LogP contribution in [0.3, 0.4) is 0 Å². The smallest absolute Gasteiger partial charge is 0.434 e. The summed E-state index contributed by atoms with van der Waals surface area (Å²) in [4.78, 5) is 11.1. The second kappa shape index (κ2) is 9.37. The highest BCUT2D eigenvalue weighted by atomic mass is 31.2. The minimum atomic E-state index is -3.11. The Morgan fingerprint density at radius 2 is 1.60 bits per heavy atom. The molecule has 1 unspecified atom stereocenters. The normalized spacial score (nSPS) is 14.7. The first kappa shape index (κ1) is 19.4. The summed E-state index contributed by atoms with van der Waals surface area (Å²) >= 11 is 0. The van der Waals surface area contributed by atoms with Crippen LogP contribution in [0.4, 0.5) is 4.79 Å². The molecule has 0 aliphatic rings. The highest BCUT2D eigenvalue weighted by Gasteiger charge is 2.30. The minimum Gasteiger partial charge on any atom is -0.434 e. The Labute approximate surface area is 121 Å². The van der Waals surface area contributed by atoms with Crippen molar-refractivity contribution >= 4 is 13.8 Å².